The lowest BCUT2D eigenvalue weighted by molar-refractivity contribution is -0.138. The molecule has 0 radical (unpaired) electrons. The van der Waals surface area contributed by atoms with Gasteiger partial charge in [0.05, 0.1) is 5.92 Å². The highest BCUT2D eigenvalue weighted by molar-refractivity contribution is 7.13. The van der Waals surface area contributed by atoms with Crippen molar-refractivity contribution in [2.45, 2.75) is 26.7 Å². The van der Waals surface area contributed by atoms with E-state index in [2.05, 4.69) is 32.0 Å². The summed E-state index contributed by atoms with van der Waals surface area (Å²) in [5, 5.41) is 10.9. The predicted molar refractivity (Wildman–Crippen MR) is 75.3 cm³/mol. The van der Waals surface area contributed by atoms with E-state index in [0.717, 1.165) is 16.0 Å². The molecule has 0 saturated carbocycles. The van der Waals surface area contributed by atoms with Crippen molar-refractivity contribution in [3.05, 3.63) is 46.3 Å². The van der Waals surface area contributed by atoms with Gasteiger partial charge in [-0.15, -0.1) is 11.3 Å². The summed E-state index contributed by atoms with van der Waals surface area (Å²) >= 11 is 1.60. The predicted octanol–water partition coefficient (Wildman–Crippen LogP) is 4.22. The second kappa shape index (κ2) is 4.94. The zero-order chi connectivity index (χ0) is 13.3. The summed E-state index contributed by atoms with van der Waals surface area (Å²) in [5.41, 5.74) is 4.57. The summed E-state index contributed by atoms with van der Waals surface area (Å²) in [5.74, 6) is -1.22. The van der Waals surface area contributed by atoms with Crippen molar-refractivity contribution in [1.82, 2.24) is 0 Å². The van der Waals surface area contributed by atoms with Crippen LogP contribution in [-0.4, -0.2) is 11.1 Å². The number of hydrogen-bond acceptors (Lipinski definition) is 2. The number of carboxylic acids is 1. The van der Waals surface area contributed by atoms with Gasteiger partial charge in [-0.25, -0.2) is 0 Å². The zero-order valence-electron chi connectivity index (χ0n) is 10.7. The van der Waals surface area contributed by atoms with Gasteiger partial charge in [-0.1, -0.05) is 18.2 Å². The van der Waals surface area contributed by atoms with E-state index in [4.69, 9.17) is 5.11 Å². The molecule has 0 aliphatic carbocycles. The van der Waals surface area contributed by atoms with Gasteiger partial charge in [0.25, 0.3) is 0 Å². The maximum atomic E-state index is 10.9. The maximum absolute atomic E-state index is 10.9. The fourth-order valence-electron chi connectivity index (χ4n) is 1.77. The normalized spacial score (nSPS) is 12.4. The van der Waals surface area contributed by atoms with Gasteiger partial charge in [-0.2, -0.15) is 0 Å². The van der Waals surface area contributed by atoms with Crippen LogP contribution >= 0.6 is 11.3 Å². The first kappa shape index (κ1) is 12.8. The fourth-order valence-corrected chi connectivity index (χ4v) is 2.77. The van der Waals surface area contributed by atoms with Crippen molar-refractivity contribution in [2.75, 3.05) is 0 Å². The van der Waals surface area contributed by atoms with Crippen molar-refractivity contribution in [3.63, 3.8) is 0 Å². The third kappa shape index (κ3) is 2.46. The molecule has 0 amide bonds. The molecule has 0 bridgehead atoms. The van der Waals surface area contributed by atoms with Crippen LogP contribution in [0.5, 0.6) is 0 Å². The third-order valence-electron chi connectivity index (χ3n) is 3.28. The molecule has 1 atom stereocenters. The summed E-state index contributed by atoms with van der Waals surface area (Å²) in [6, 6.07) is 8.32. The Hall–Kier alpha value is -1.61. The van der Waals surface area contributed by atoms with E-state index in [1.807, 2.05) is 11.4 Å². The minimum atomic E-state index is -0.778. The first-order valence-electron chi connectivity index (χ1n) is 5.88. The van der Waals surface area contributed by atoms with Crippen LogP contribution in [-0.2, 0) is 4.79 Å². The number of hydrogen-bond donors (Lipinski definition) is 1. The molecule has 3 heteroatoms. The smallest absolute Gasteiger partial charge is 0.310 e. The standard InChI is InChI=1S/C15H16O2S/c1-9-4-5-12(6-10(9)2)14-7-13(8-18-14)11(3)15(16)17/h4-8,11H,1-3H3,(H,16,17). The summed E-state index contributed by atoms with van der Waals surface area (Å²) in [7, 11) is 0. The van der Waals surface area contributed by atoms with Gasteiger partial charge in [-0.3, -0.25) is 4.79 Å². The summed E-state index contributed by atoms with van der Waals surface area (Å²) in [6.07, 6.45) is 0. The lowest BCUT2D eigenvalue weighted by Gasteiger charge is -2.03. The largest absolute Gasteiger partial charge is 0.481 e. The summed E-state index contributed by atoms with van der Waals surface area (Å²) < 4.78 is 0. The topological polar surface area (TPSA) is 37.3 Å². The van der Waals surface area contributed by atoms with Gasteiger partial charge in [0.1, 0.15) is 0 Å². The number of carboxylic acid groups (broad SMARTS) is 1. The summed E-state index contributed by atoms with van der Waals surface area (Å²) in [6.45, 7) is 5.90. The van der Waals surface area contributed by atoms with Gasteiger partial charge in [-0.05, 0) is 54.5 Å². The van der Waals surface area contributed by atoms with Crippen molar-refractivity contribution >= 4 is 17.3 Å². The molecule has 2 nitrogen and oxygen atoms in total. The quantitative estimate of drug-likeness (QED) is 0.897. The van der Waals surface area contributed by atoms with Crippen LogP contribution in [0.15, 0.2) is 29.6 Å². The molecule has 0 spiro atoms. The number of carbonyl (C=O) groups is 1. The Balaban J connectivity index is 2.35. The maximum Gasteiger partial charge on any atom is 0.310 e. The molecular weight excluding hydrogens is 244 g/mol. The SMILES string of the molecule is Cc1ccc(-c2cc(C(C)C(=O)O)cs2)cc1C. The zero-order valence-corrected chi connectivity index (χ0v) is 11.5. The van der Waals surface area contributed by atoms with Crippen LogP contribution in [0.2, 0.25) is 0 Å². The minimum Gasteiger partial charge on any atom is -0.481 e. The molecule has 0 saturated heterocycles. The highest BCUT2D eigenvalue weighted by Gasteiger charge is 2.15. The van der Waals surface area contributed by atoms with Gasteiger partial charge in [0.2, 0.25) is 0 Å². The first-order chi connectivity index (χ1) is 8.49. The monoisotopic (exact) mass is 260 g/mol. The van der Waals surface area contributed by atoms with Crippen molar-refractivity contribution in [3.8, 4) is 10.4 Å². The number of aryl methyl sites for hydroxylation is 2. The fraction of sp³-hybridized carbons (Fsp3) is 0.267. The number of thiophene rings is 1. The van der Waals surface area contributed by atoms with Crippen LogP contribution in [0.25, 0.3) is 10.4 Å². The molecule has 18 heavy (non-hydrogen) atoms. The Morgan fingerprint density at radius 1 is 1.22 bits per heavy atom. The van der Waals surface area contributed by atoms with E-state index in [1.165, 1.54) is 11.1 Å². The highest BCUT2D eigenvalue weighted by atomic mass is 32.1. The van der Waals surface area contributed by atoms with E-state index in [0.29, 0.717) is 0 Å². The Labute approximate surface area is 111 Å². The van der Waals surface area contributed by atoms with E-state index in [-0.39, 0.29) is 0 Å². The average molecular weight is 260 g/mol. The molecule has 0 aliphatic rings. The number of aliphatic carboxylic acids is 1. The Kier molecular flexibility index (Phi) is 3.53. The second-order valence-electron chi connectivity index (χ2n) is 4.60. The molecule has 2 rings (SSSR count). The first-order valence-corrected chi connectivity index (χ1v) is 6.76. The minimum absolute atomic E-state index is 0.443. The lowest BCUT2D eigenvalue weighted by Crippen LogP contribution is -2.05. The molecule has 1 aromatic carbocycles. The number of rotatable bonds is 3. The van der Waals surface area contributed by atoms with Crippen molar-refractivity contribution in [2.24, 2.45) is 0 Å². The average Bonchev–Trinajstić information content (AvgIpc) is 2.81. The second-order valence-corrected chi connectivity index (χ2v) is 5.51. The van der Waals surface area contributed by atoms with Gasteiger partial charge in [0.15, 0.2) is 0 Å². The van der Waals surface area contributed by atoms with E-state index < -0.39 is 11.9 Å². The molecular formula is C15H16O2S. The van der Waals surface area contributed by atoms with Crippen molar-refractivity contribution in [1.29, 1.82) is 0 Å². The van der Waals surface area contributed by atoms with Crippen LogP contribution in [0, 0.1) is 13.8 Å². The molecule has 1 heterocycles. The molecule has 0 fully saturated rings. The van der Waals surface area contributed by atoms with Crippen molar-refractivity contribution < 1.29 is 9.90 Å². The molecule has 2 aromatic rings. The van der Waals surface area contributed by atoms with Crippen LogP contribution in [0.4, 0.5) is 0 Å². The number of benzene rings is 1. The lowest BCUT2D eigenvalue weighted by atomic mass is 10.0. The van der Waals surface area contributed by atoms with Gasteiger partial charge >= 0.3 is 5.97 Å². The van der Waals surface area contributed by atoms with E-state index >= 15 is 0 Å². The molecule has 94 valence electrons. The van der Waals surface area contributed by atoms with E-state index in [9.17, 15) is 4.79 Å². The highest BCUT2D eigenvalue weighted by Crippen LogP contribution is 2.31. The molecule has 0 aliphatic heterocycles. The van der Waals surface area contributed by atoms with Crippen LogP contribution in [0.1, 0.15) is 29.5 Å². The van der Waals surface area contributed by atoms with Crippen LogP contribution < -0.4 is 0 Å². The van der Waals surface area contributed by atoms with Crippen LogP contribution in [0.3, 0.4) is 0 Å². The Morgan fingerprint density at radius 3 is 2.56 bits per heavy atom. The van der Waals surface area contributed by atoms with Gasteiger partial charge < -0.3 is 5.11 Å². The molecule has 1 unspecified atom stereocenters. The summed E-state index contributed by atoms with van der Waals surface area (Å²) in [4.78, 5) is 12.1. The van der Waals surface area contributed by atoms with Gasteiger partial charge in [0, 0.05) is 4.88 Å². The van der Waals surface area contributed by atoms with E-state index in [1.54, 1.807) is 18.3 Å². The Bertz CT molecular complexity index is 584. The molecule has 1 N–H and O–H groups in total. The third-order valence-corrected chi connectivity index (χ3v) is 4.28. The molecule has 1 aromatic heterocycles. The Morgan fingerprint density at radius 2 is 1.94 bits per heavy atom.